The van der Waals surface area contributed by atoms with Gasteiger partial charge in [-0.05, 0) is 34.2 Å². The average Bonchev–Trinajstić information content (AvgIpc) is 3.11. The van der Waals surface area contributed by atoms with Gasteiger partial charge in [-0.3, -0.25) is 4.72 Å². The van der Waals surface area contributed by atoms with E-state index in [1.165, 1.54) is 16.0 Å². The number of rotatable bonds is 7. The van der Waals surface area contributed by atoms with Crippen molar-refractivity contribution in [2.75, 3.05) is 32.1 Å². The zero-order valence-corrected chi connectivity index (χ0v) is 18.4. The van der Waals surface area contributed by atoms with E-state index in [9.17, 15) is 14.0 Å². The second-order valence-electron chi connectivity index (χ2n) is 8.06. The SMILES string of the molecule is O=C(NSCNCC1(F)CCN(C(=O)O)CC1)OCC1c2ccccc2-c2ccccc21. The maximum Gasteiger partial charge on any atom is 0.417 e. The van der Waals surface area contributed by atoms with Gasteiger partial charge in [-0.1, -0.05) is 48.5 Å². The molecule has 1 saturated heterocycles. The van der Waals surface area contributed by atoms with Crippen LogP contribution in [0.2, 0.25) is 0 Å². The number of benzene rings is 2. The maximum atomic E-state index is 14.7. The fraction of sp³-hybridized carbons (Fsp3) is 0.391. The zero-order chi connectivity index (χ0) is 22.6. The van der Waals surface area contributed by atoms with Gasteiger partial charge in [0.15, 0.2) is 0 Å². The number of alkyl halides is 1. The molecule has 1 fully saturated rings. The average molecular weight is 460 g/mol. The first-order chi connectivity index (χ1) is 15.5. The van der Waals surface area contributed by atoms with Crippen LogP contribution in [0.4, 0.5) is 14.0 Å². The van der Waals surface area contributed by atoms with Crippen molar-refractivity contribution in [1.29, 1.82) is 0 Å². The molecule has 2 aliphatic rings. The largest absolute Gasteiger partial charge is 0.465 e. The number of carboxylic acid groups (broad SMARTS) is 1. The number of carbonyl (C=O) groups excluding carboxylic acids is 1. The number of nitrogens with one attached hydrogen (secondary N) is 2. The Hall–Kier alpha value is -2.78. The third-order valence-corrected chi connectivity index (χ3v) is 6.70. The van der Waals surface area contributed by atoms with Crippen LogP contribution in [0.3, 0.4) is 0 Å². The Morgan fingerprint density at radius 2 is 1.69 bits per heavy atom. The van der Waals surface area contributed by atoms with Crippen molar-refractivity contribution in [2.45, 2.75) is 24.4 Å². The van der Waals surface area contributed by atoms with Crippen LogP contribution in [0.25, 0.3) is 11.1 Å². The molecule has 0 aromatic heterocycles. The van der Waals surface area contributed by atoms with Crippen LogP contribution in [0.15, 0.2) is 48.5 Å². The van der Waals surface area contributed by atoms with Gasteiger partial charge in [0.05, 0.1) is 5.88 Å². The molecule has 170 valence electrons. The highest BCUT2D eigenvalue weighted by Crippen LogP contribution is 2.44. The van der Waals surface area contributed by atoms with Crippen LogP contribution in [0, 0.1) is 0 Å². The summed E-state index contributed by atoms with van der Waals surface area (Å²) >= 11 is 1.10. The molecule has 0 atom stereocenters. The fourth-order valence-electron chi connectivity index (χ4n) is 4.32. The van der Waals surface area contributed by atoms with Crippen molar-refractivity contribution in [3.05, 3.63) is 59.7 Å². The van der Waals surface area contributed by atoms with Gasteiger partial charge in [0.1, 0.15) is 12.3 Å². The lowest BCUT2D eigenvalue weighted by Gasteiger charge is -2.35. The number of ether oxygens (including phenoxy) is 1. The molecule has 1 aliphatic heterocycles. The lowest BCUT2D eigenvalue weighted by Crippen LogP contribution is -2.48. The van der Waals surface area contributed by atoms with E-state index in [1.54, 1.807) is 0 Å². The molecule has 32 heavy (non-hydrogen) atoms. The Morgan fingerprint density at radius 3 is 2.28 bits per heavy atom. The van der Waals surface area contributed by atoms with E-state index in [0.717, 1.165) is 23.1 Å². The third-order valence-electron chi connectivity index (χ3n) is 6.05. The highest BCUT2D eigenvalue weighted by molar-refractivity contribution is 7.97. The van der Waals surface area contributed by atoms with Gasteiger partial charge in [0, 0.05) is 38.4 Å². The summed E-state index contributed by atoms with van der Waals surface area (Å²) in [6.07, 6.45) is -1.22. The van der Waals surface area contributed by atoms with Gasteiger partial charge in [-0.2, -0.15) is 0 Å². The summed E-state index contributed by atoms with van der Waals surface area (Å²) in [5.74, 6) is 0.317. The highest BCUT2D eigenvalue weighted by Gasteiger charge is 2.35. The number of likely N-dealkylation sites (tertiary alicyclic amines) is 1. The first-order valence-electron chi connectivity index (χ1n) is 10.6. The number of fused-ring (bicyclic) bond motifs is 3. The fourth-order valence-corrected chi connectivity index (χ4v) is 4.78. The Kier molecular flexibility index (Phi) is 6.86. The molecule has 0 bridgehead atoms. The van der Waals surface area contributed by atoms with E-state index in [-0.39, 0.29) is 45.0 Å². The summed E-state index contributed by atoms with van der Waals surface area (Å²) < 4.78 is 22.8. The van der Waals surface area contributed by atoms with E-state index < -0.39 is 17.9 Å². The van der Waals surface area contributed by atoms with Gasteiger partial charge in [-0.15, -0.1) is 0 Å². The van der Waals surface area contributed by atoms with E-state index in [4.69, 9.17) is 9.84 Å². The predicted octanol–water partition coefficient (Wildman–Crippen LogP) is 4.20. The van der Waals surface area contributed by atoms with Crippen molar-refractivity contribution in [3.8, 4) is 11.1 Å². The van der Waals surface area contributed by atoms with Crippen molar-refractivity contribution in [3.63, 3.8) is 0 Å². The van der Waals surface area contributed by atoms with E-state index in [0.29, 0.717) is 5.88 Å². The number of hydrogen-bond donors (Lipinski definition) is 3. The lowest BCUT2D eigenvalue weighted by atomic mass is 9.93. The minimum Gasteiger partial charge on any atom is -0.465 e. The molecule has 3 N–H and O–H groups in total. The number of halogens is 1. The summed E-state index contributed by atoms with van der Waals surface area (Å²) in [5, 5.41) is 11.9. The van der Waals surface area contributed by atoms with E-state index in [2.05, 4.69) is 34.3 Å². The van der Waals surface area contributed by atoms with Crippen LogP contribution >= 0.6 is 11.9 Å². The Balaban J connectivity index is 1.18. The smallest absolute Gasteiger partial charge is 0.417 e. The standard InChI is InChI=1S/C23H26FN3O4S/c24-23(9-11-27(12-10-23)22(29)30)14-25-15-32-26-21(28)31-13-20-18-7-3-1-5-16(18)17-6-2-4-8-19(17)20/h1-8,20,25H,9-15H2,(H,26,28)(H,29,30). The van der Waals surface area contributed by atoms with E-state index in [1.807, 2.05) is 24.3 Å². The summed E-state index contributed by atoms with van der Waals surface area (Å²) in [5.41, 5.74) is 3.21. The molecular weight excluding hydrogens is 433 g/mol. The predicted molar refractivity (Wildman–Crippen MR) is 121 cm³/mol. The van der Waals surface area contributed by atoms with Crippen LogP contribution in [-0.4, -0.2) is 60.0 Å². The number of amides is 2. The molecule has 7 nitrogen and oxygen atoms in total. The molecule has 4 rings (SSSR count). The molecule has 0 saturated carbocycles. The third kappa shape index (κ3) is 4.99. The second kappa shape index (κ2) is 9.79. The summed E-state index contributed by atoms with van der Waals surface area (Å²) in [6.45, 7) is 0.735. The highest BCUT2D eigenvalue weighted by atomic mass is 32.2. The van der Waals surface area contributed by atoms with Crippen molar-refractivity contribution >= 4 is 24.1 Å². The number of carbonyl (C=O) groups is 2. The molecule has 2 aromatic carbocycles. The molecule has 0 radical (unpaired) electrons. The van der Waals surface area contributed by atoms with Crippen LogP contribution in [-0.2, 0) is 4.74 Å². The second-order valence-corrected chi connectivity index (χ2v) is 8.85. The summed E-state index contributed by atoms with van der Waals surface area (Å²) in [4.78, 5) is 24.3. The van der Waals surface area contributed by atoms with Crippen LogP contribution in [0.1, 0.15) is 29.9 Å². The van der Waals surface area contributed by atoms with Gasteiger partial charge >= 0.3 is 12.2 Å². The van der Waals surface area contributed by atoms with Gasteiger partial charge in [-0.25, -0.2) is 14.0 Å². The molecule has 0 unspecified atom stereocenters. The van der Waals surface area contributed by atoms with Crippen molar-refractivity contribution in [1.82, 2.24) is 14.9 Å². The number of piperidine rings is 1. The first kappa shape index (κ1) is 22.4. The summed E-state index contributed by atoms with van der Waals surface area (Å²) in [6, 6.07) is 16.3. The monoisotopic (exact) mass is 459 g/mol. The number of nitrogens with zero attached hydrogens (tertiary/aromatic N) is 1. The quantitative estimate of drug-likeness (QED) is 0.327. The lowest BCUT2D eigenvalue weighted by molar-refractivity contribution is 0.0581. The molecule has 2 amide bonds. The van der Waals surface area contributed by atoms with Crippen molar-refractivity contribution in [2.24, 2.45) is 0 Å². The van der Waals surface area contributed by atoms with Gasteiger partial charge in [0.25, 0.3) is 0 Å². The minimum absolute atomic E-state index is 0.000611. The normalized spacial score (nSPS) is 16.8. The van der Waals surface area contributed by atoms with E-state index >= 15 is 0 Å². The van der Waals surface area contributed by atoms with Crippen molar-refractivity contribution < 1.29 is 23.8 Å². The zero-order valence-electron chi connectivity index (χ0n) is 17.6. The molecule has 2 aromatic rings. The molecule has 0 spiro atoms. The Morgan fingerprint density at radius 1 is 1.09 bits per heavy atom. The van der Waals surface area contributed by atoms with Crippen LogP contribution in [0.5, 0.6) is 0 Å². The number of hydrogen-bond acceptors (Lipinski definition) is 5. The van der Waals surface area contributed by atoms with Gasteiger partial charge < -0.3 is 20.1 Å². The Bertz CT molecular complexity index is 936. The molecule has 1 aliphatic carbocycles. The molecular formula is C23H26FN3O4S. The Labute approximate surface area is 190 Å². The molecule has 1 heterocycles. The van der Waals surface area contributed by atoms with Crippen LogP contribution < -0.4 is 10.0 Å². The molecule has 9 heteroatoms. The topological polar surface area (TPSA) is 90.9 Å². The maximum absolute atomic E-state index is 14.7. The minimum atomic E-state index is -1.43. The van der Waals surface area contributed by atoms with Gasteiger partial charge in [0.2, 0.25) is 0 Å². The first-order valence-corrected chi connectivity index (χ1v) is 11.6. The summed E-state index contributed by atoms with van der Waals surface area (Å²) in [7, 11) is 0.